The third kappa shape index (κ3) is 4.36. The van der Waals surface area contributed by atoms with E-state index >= 15 is 0 Å². The Bertz CT molecular complexity index is 1080. The molecule has 3 aromatic heterocycles. The highest BCUT2D eigenvalue weighted by molar-refractivity contribution is 7.99. The molecule has 0 aliphatic heterocycles. The third-order valence-corrected chi connectivity index (χ3v) is 5.87. The van der Waals surface area contributed by atoms with Crippen LogP contribution in [-0.2, 0) is 11.3 Å². The van der Waals surface area contributed by atoms with E-state index in [0.29, 0.717) is 29.0 Å². The normalized spacial score (nSPS) is 10.8. The van der Waals surface area contributed by atoms with Gasteiger partial charge in [0.05, 0.1) is 36.2 Å². The first-order chi connectivity index (χ1) is 14.3. The minimum absolute atomic E-state index is 0.112. The molecule has 0 saturated heterocycles. The minimum atomic E-state index is -0.112. The average molecular weight is 427 g/mol. The standard InChI is InChI=1S/C20H18N4O3S2/c1-26-16-8-3-2-7-15(16)24-19(17-9-5-11-28-17)22-23-20(24)29-13-18(25)21-12-14-6-4-10-27-14/h2-11H,12-13H2,1H3,(H,21,25). The second kappa shape index (κ2) is 8.97. The van der Waals surface area contributed by atoms with Crippen LogP contribution in [0.15, 0.2) is 69.7 Å². The highest BCUT2D eigenvalue weighted by Gasteiger charge is 2.20. The van der Waals surface area contributed by atoms with Gasteiger partial charge in [-0.3, -0.25) is 9.36 Å². The first-order valence-electron chi connectivity index (χ1n) is 8.81. The Morgan fingerprint density at radius 1 is 1.21 bits per heavy atom. The van der Waals surface area contributed by atoms with Crippen molar-refractivity contribution in [2.45, 2.75) is 11.7 Å². The van der Waals surface area contributed by atoms with Gasteiger partial charge in [0.1, 0.15) is 11.5 Å². The van der Waals surface area contributed by atoms with Crippen LogP contribution in [0.5, 0.6) is 5.75 Å². The van der Waals surface area contributed by atoms with Gasteiger partial charge in [0.25, 0.3) is 0 Å². The zero-order valence-corrected chi connectivity index (χ0v) is 17.2. The van der Waals surface area contributed by atoms with Gasteiger partial charge in [-0.15, -0.1) is 21.5 Å². The SMILES string of the molecule is COc1ccccc1-n1c(SCC(=O)NCc2ccco2)nnc1-c1cccs1. The maximum atomic E-state index is 12.3. The smallest absolute Gasteiger partial charge is 0.230 e. The molecule has 0 saturated carbocycles. The van der Waals surface area contributed by atoms with E-state index in [1.165, 1.54) is 11.8 Å². The van der Waals surface area contributed by atoms with Crippen LogP contribution in [-0.4, -0.2) is 33.5 Å². The van der Waals surface area contributed by atoms with E-state index in [-0.39, 0.29) is 11.7 Å². The number of furan rings is 1. The van der Waals surface area contributed by atoms with E-state index in [1.54, 1.807) is 30.8 Å². The molecular weight excluding hydrogens is 408 g/mol. The first-order valence-corrected chi connectivity index (χ1v) is 10.7. The van der Waals surface area contributed by atoms with Gasteiger partial charge in [-0.05, 0) is 35.7 Å². The third-order valence-electron chi connectivity index (χ3n) is 4.07. The van der Waals surface area contributed by atoms with E-state index in [4.69, 9.17) is 9.15 Å². The Hall–Kier alpha value is -3.04. The summed E-state index contributed by atoms with van der Waals surface area (Å²) in [6.45, 7) is 0.353. The van der Waals surface area contributed by atoms with E-state index in [1.807, 2.05) is 52.4 Å². The van der Waals surface area contributed by atoms with Crippen molar-refractivity contribution in [3.63, 3.8) is 0 Å². The van der Waals surface area contributed by atoms with Crippen LogP contribution >= 0.6 is 23.1 Å². The number of thiophene rings is 1. The van der Waals surface area contributed by atoms with Crippen molar-refractivity contribution < 1.29 is 13.9 Å². The van der Waals surface area contributed by atoms with Crippen molar-refractivity contribution >= 4 is 29.0 Å². The number of carbonyl (C=O) groups excluding carboxylic acids is 1. The number of ether oxygens (including phenoxy) is 1. The number of rotatable bonds is 8. The van der Waals surface area contributed by atoms with Crippen molar-refractivity contribution in [1.82, 2.24) is 20.1 Å². The van der Waals surface area contributed by atoms with E-state index in [2.05, 4.69) is 15.5 Å². The van der Waals surface area contributed by atoms with Gasteiger partial charge in [0.15, 0.2) is 11.0 Å². The monoisotopic (exact) mass is 426 g/mol. The van der Waals surface area contributed by atoms with E-state index in [9.17, 15) is 4.79 Å². The molecule has 4 aromatic rings. The fourth-order valence-electron chi connectivity index (χ4n) is 2.74. The van der Waals surface area contributed by atoms with Crippen LogP contribution in [0.1, 0.15) is 5.76 Å². The van der Waals surface area contributed by atoms with Crippen molar-refractivity contribution in [2.75, 3.05) is 12.9 Å². The topological polar surface area (TPSA) is 82.2 Å². The van der Waals surface area contributed by atoms with Crippen LogP contribution in [0.4, 0.5) is 0 Å². The molecule has 0 bridgehead atoms. The Morgan fingerprint density at radius 3 is 2.86 bits per heavy atom. The molecule has 7 nitrogen and oxygen atoms in total. The number of hydrogen-bond acceptors (Lipinski definition) is 7. The number of nitrogens with one attached hydrogen (secondary N) is 1. The van der Waals surface area contributed by atoms with Crippen LogP contribution in [0, 0.1) is 0 Å². The molecule has 3 heterocycles. The Labute approximate surface area is 175 Å². The summed E-state index contributed by atoms with van der Waals surface area (Å²) < 4.78 is 12.7. The van der Waals surface area contributed by atoms with Gasteiger partial charge < -0.3 is 14.5 Å². The maximum Gasteiger partial charge on any atom is 0.230 e. The molecule has 0 aliphatic carbocycles. The largest absolute Gasteiger partial charge is 0.495 e. The van der Waals surface area contributed by atoms with Crippen LogP contribution in [0.25, 0.3) is 16.4 Å². The van der Waals surface area contributed by atoms with Gasteiger partial charge in [-0.1, -0.05) is 30.0 Å². The predicted molar refractivity (Wildman–Crippen MR) is 113 cm³/mol. The van der Waals surface area contributed by atoms with E-state index < -0.39 is 0 Å². The number of aromatic nitrogens is 3. The van der Waals surface area contributed by atoms with Gasteiger partial charge in [-0.25, -0.2) is 0 Å². The summed E-state index contributed by atoms with van der Waals surface area (Å²) >= 11 is 2.90. The molecule has 148 valence electrons. The summed E-state index contributed by atoms with van der Waals surface area (Å²) in [4.78, 5) is 13.2. The summed E-state index contributed by atoms with van der Waals surface area (Å²) in [5, 5.41) is 14.2. The van der Waals surface area contributed by atoms with Crippen molar-refractivity contribution in [3.05, 3.63) is 65.9 Å². The second-order valence-corrected chi connectivity index (χ2v) is 7.83. The first kappa shape index (κ1) is 19.3. The molecule has 9 heteroatoms. The van der Waals surface area contributed by atoms with Crippen LogP contribution in [0.3, 0.4) is 0 Å². The number of nitrogens with zero attached hydrogens (tertiary/aromatic N) is 3. The van der Waals surface area contributed by atoms with Gasteiger partial charge >= 0.3 is 0 Å². The second-order valence-electron chi connectivity index (χ2n) is 5.94. The molecule has 1 amide bonds. The number of para-hydroxylation sites is 2. The molecule has 0 radical (unpaired) electrons. The van der Waals surface area contributed by atoms with Crippen molar-refractivity contribution in [2.24, 2.45) is 0 Å². The fourth-order valence-corrected chi connectivity index (χ4v) is 4.21. The van der Waals surface area contributed by atoms with Crippen molar-refractivity contribution in [3.8, 4) is 22.1 Å². The van der Waals surface area contributed by atoms with Crippen molar-refractivity contribution in [1.29, 1.82) is 0 Å². The molecule has 1 aromatic carbocycles. The quantitative estimate of drug-likeness (QED) is 0.429. The Balaban J connectivity index is 1.57. The summed E-state index contributed by atoms with van der Waals surface area (Å²) in [5.74, 6) is 2.22. The number of hydrogen-bond donors (Lipinski definition) is 1. The van der Waals surface area contributed by atoms with Gasteiger partial charge in [-0.2, -0.15) is 0 Å². The molecule has 0 aliphatic rings. The highest BCUT2D eigenvalue weighted by Crippen LogP contribution is 2.33. The highest BCUT2D eigenvalue weighted by atomic mass is 32.2. The number of thioether (sulfide) groups is 1. The summed E-state index contributed by atoms with van der Waals surface area (Å²) in [5.41, 5.74) is 0.821. The number of amides is 1. The summed E-state index contributed by atoms with van der Waals surface area (Å²) in [6, 6.07) is 15.2. The lowest BCUT2D eigenvalue weighted by Crippen LogP contribution is -2.24. The predicted octanol–water partition coefficient (Wildman–Crippen LogP) is 4.01. The molecule has 0 fully saturated rings. The molecule has 0 unspecified atom stereocenters. The Kier molecular flexibility index (Phi) is 5.97. The maximum absolute atomic E-state index is 12.3. The van der Waals surface area contributed by atoms with E-state index in [0.717, 1.165) is 10.6 Å². The number of methoxy groups -OCH3 is 1. The fraction of sp³-hybridized carbons (Fsp3) is 0.150. The van der Waals surface area contributed by atoms with Crippen LogP contribution in [0.2, 0.25) is 0 Å². The average Bonchev–Trinajstić information content (AvgIpc) is 3.52. The lowest BCUT2D eigenvalue weighted by atomic mass is 10.3. The molecule has 4 rings (SSSR count). The Morgan fingerprint density at radius 2 is 2.10 bits per heavy atom. The molecule has 0 atom stereocenters. The van der Waals surface area contributed by atoms with Crippen LogP contribution < -0.4 is 10.1 Å². The molecule has 0 spiro atoms. The van der Waals surface area contributed by atoms with Gasteiger partial charge in [0.2, 0.25) is 5.91 Å². The molecular formula is C20H18N4O3S2. The summed E-state index contributed by atoms with van der Waals surface area (Å²) in [6.07, 6.45) is 1.58. The number of carbonyl (C=O) groups is 1. The zero-order valence-electron chi connectivity index (χ0n) is 15.6. The minimum Gasteiger partial charge on any atom is -0.495 e. The zero-order chi connectivity index (χ0) is 20.1. The molecule has 1 N–H and O–H groups in total. The number of benzene rings is 1. The molecule has 29 heavy (non-hydrogen) atoms. The lowest BCUT2D eigenvalue weighted by Gasteiger charge is -2.13. The summed E-state index contributed by atoms with van der Waals surface area (Å²) in [7, 11) is 1.63. The lowest BCUT2D eigenvalue weighted by molar-refractivity contribution is -0.118. The van der Waals surface area contributed by atoms with Gasteiger partial charge in [0, 0.05) is 0 Å².